The number of nitro benzene ring substituents is 1. The van der Waals surface area contributed by atoms with Crippen molar-refractivity contribution in [2.24, 2.45) is 5.14 Å². The maximum absolute atomic E-state index is 11.3. The fourth-order valence-electron chi connectivity index (χ4n) is 2.28. The molecule has 3 rings (SSSR count). The third kappa shape index (κ3) is 3.82. The van der Waals surface area contributed by atoms with Crippen molar-refractivity contribution in [2.75, 3.05) is 5.32 Å². The number of para-hydroxylation sites is 1. The van der Waals surface area contributed by atoms with Gasteiger partial charge in [0.1, 0.15) is 0 Å². The number of hydrogen-bond acceptors (Lipinski definition) is 7. The summed E-state index contributed by atoms with van der Waals surface area (Å²) in [7, 11) is -3.77. The van der Waals surface area contributed by atoms with Crippen molar-refractivity contribution in [2.45, 2.75) is 4.90 Å². The van der Waals surface area contributed by atoms with Gasteiger partial charge in [-0.05, 0) is 36.4 Å². The van der Waals surface area contributed by atoms with Gasteiger partial charge in [0.05, 0.1) is 21.1 Å². The quantitative estimate of drug-likeness (QED) is 0.518. The smallest absolute Gasteiger partial charge is 0.278 e. The monoisotopic (exact) mass is 371 g/mol. The van der Waals surface area contributed by atoms with Crippen molar-refractivity contribution < 1.29 is 13.3 Å². The van der Waals surface area contributed by atoms with Gasteiger partial charge in [0.25, 0.3) is 5.69 Å². The van der Waals surface area contributed by atoms with E-state index in [-0.39, 0.29) is 16.5 Å². The molecule has 0 saturated carbocycles. The highest BCUT2D eigenvalue weighted by molar-refractivity contribution is 7.89. The number of nitrogens with zero attached hydrogens (tertiary/aromatic N) is 3. The van der Waals surface area contributed by atoms with E-state index in [0.29, 0.717) is 16.9 Å². The molecule has 3 aromatic rings. The van der Waals surface area contributed by atoms with E-state index in [1.54, 1.807) is 24.3 Å². The van der Waals surface area contributed by atoms with Gasteiger partial charge in [-0.1, -0.05) is 12.1 Å². The number of aromatic nitrogens is 2. The van der Waals surface area contributed by atoms with Gasteiger partial charge in [0.2, 0.25) is 16.0 Å². The van der Waals surface area contributed by atoms with Gasteiger partial charge in [-0.25, -0.2) is 23.5 Å². The zero-order valence-corrected chi connectivity index (χ0v) is 14.1. The third-order valence-corrected chi connectivity index (χ3v) is 4.40. The van der Waals surface area contributed by atoms with Gasteiger partial charge in [0, 0.05) is 18.0 Å². The normalized spacial score (nSPS) is 11.1. The Kier molecular flexibility index (Phi) is 4.61. The number of nitrogens with one attached hydrogen (secondary N) is 1. The molecule has 0 bridgehead atoms. The van der Waals surface area contributed by atoms with Gasteiger partial charge in [-0.2, -0.15) is 0 Å². The zero-order chi connectivity index (χ0) is 18.7. The van der Waals surface area contributed by atoms with Crippen LogP contribution in [0.2, 0.25) is 0 Å². The molecule has 0 amide bonds. The molecular formula is C16H13N5O4S. The molecule has 0 fully saturated rings. The summed E-state index contributed by atoms with van der Waals surface area (Å²) in [5.41, 5.74) is 1.23. The maximum Gasteiger partial charge on any atom is 0.278 e. The first kappa shape index (κ1) is 17.5. The Morgan fingerprint density at radius 1 is 1.04 bits per heavy atom. The van der Waals surface area contributed by atoms with E-state index in [1.165, 1.54) is 36.5 Å². The fraction of sp³-hybridized carbons (Fsp3) is 0. The summed E-state index contributed by atoms with van der Waals surface area (Å²) in [5, 5.41) is 19.1. The number of benzene rings is 2. The summed E-state index contributed by atoms with van der Waals surface area (Å²) in [6.45, 7) is 0. The van der Waals surface area contributed by atoms with E-state index in [2.05, 4.69) is 15.3 Å². The molecule has 0 aliphatic heterocycles. The molecule has 0 unspecified atom stereocenters. The van der Waals surface area contributed by atoms with Crippen LogP contribution < -0.4 is 10.5 Å². The minimum Gasteiger partial charge on any atom is -0.324 e. The number of nitro groups is 1. The van der Waals surface area contributed by atoms with Crippen molar-refractivity contribution in [3.8, 4) is 11.3 Å². The van der Waals surface area contributed by atoms with Crippen molar-refractivity contribution >= 4 is 27.3 Å². The lowest BCUT2D eigenvalue weighted by Gasteiger charge is -2.07. The summed E-state index contributed by atoms with van der Waals surface area (Å²) in [6, 6.07) is 13.6. The van der Waals surface area contributed by atoms with Crippen LogP contribution in [0.4, 0.5) is 17.3 Å². The highest BCUT2D eigenvalue weighted by atomic mass is 32.2. The summed E-state index contributed by atoms with van der Waals surface area (Å²) in [4.78, 5) is 19.0. The Labute approximate surface area is 148 Å². The molecule has 2 aromatic carbocycles. The minimum atomic E-state index is -3.77. The van der Waals surface area contributed by atoms with Crippen molar-refractivity contribution in [3.63, 3.8) is 0 Å². The molecule has 0 radical (unpaired) electrons. The molecule has 0 aliphatic rings. The van der Waals surface area contributed by atoms with E-state index in [0.717, 1.165) is 0 Å². The molecule has 0 spiro atoms. The molecule has 0 saturated heterocycles. The van der Waals surface area contributed by atoms with Crippen LogP contribution in [0.15, 0.2) is 65.7 Å². The van der Waals surface area contributed by atoms with E-state index in [4.69, 9.17) is 5.14 Å². The largest absolute Gasteiger partial charge is 0.324 e. The first-order valence-electron chi connectivity index (χ1n) is 7.31. The summed E-state index contributed by atoms with van der Waals surface area (Å²) >= 11 is 0. The standard InChI is InChI=1S/C16H13N5O4S/c17-26(24,25)12-7-5-11(6-8-12)19-16-18-10-9-14(20-16)13-3-1-2-4-15(13)21(22)23/h1-10H,(H2,17,24,25)(H,18,19,20). The molecular weight excluding hydrogens is 358 g/mol. The summed E-state index contributed by atoms with van der Waals surface area (Å²) in [6.07, 6.45) is 1.47. The van der Waals surface area contributed by atoms with E-state index in [1.807, 2.05) is 0 Å². The van der Waals surface area contributed by atoms with Crippen LogP contribution in [0, 0.1) is 10.1 Å². The van der Waals surface area contributed by atoms with Crippen LogP contribution in [-0.2, 0) is 10.0 Å². The molecule has 0 aliphatic carbocycles. The topological polar surface area (TPSA) is 141 Å². The fourth-order valence-corrected chi connectivity index (χ4v) is 2.79. The minimum absolute atomic E-state index is 0.0161. The second-order valence-corrected chi connectivity index (χ2v) is 6.80. The molecule has 132 valence electrons. The molecule has 0 atom stereocenters. The number of rotatable bonds is 5. The number of hydrogen-bond donors (Lipinski definition) is 2. The Morgan fingerprint density at radius 2 is 1.73 bits per heavy atom. The SMILES string of the molecule is NS(=O)(=O)c1ccc(Nc2nccc(-c3ccccc3[N+](=O)[O-])n2)cc1. The molecule has 9 nitrogen and oxygen atoms in total. The average molecular weight is 371 g/mol. The van der Waals surface area contributed by atoms with Crippen molar-refractivity contribution in [3.05, 3.63) is 70.9 Å². The van der Waals surface area contributed by atoms with E-state index in [9.17, 15) is 18.5 Å². The summed E-state index contributed by atoms with van der Waals surface area (Å²) in [5.74, 6) is 0.212. The molecule has 10 heteroatoms. The highest BCUT2D eigenvalue weighted by Gasteiger charge is 2.15. The van der Waals surface area contributed by atoms with Gasteiger partial charge in [0.15, 0.2) is 0 Å². The van der Waals surface area contributed by atoms with E-state index < -0.39 is 14.9 Å². The molecule has 1 aromatic heterocycles. The van der Waals surface area contributed by atoms with Crippen molar-refractivity contribution in [1.29, 1.82) is 0 Å². The Balaban J connectivity index is 1.90. The van der Waals surface area contributed by atoms with Gasteiger partial charge >= 0.3 is 0 Å². The van der Waals surface area contributed by atoms with Crippen LogP contribution in [0.3, 0.4) is 0 Å². The second-order valence-electron chi connectivity index (χ2n) is 5.23. The Bertz CT molecular complexity index is 1070. The predicted octanol–water partition coefficient (Wildman–Crippen LogP) is 2.44. The molecule has 26 heavy (non-hydrogen) atoms. The van der Waals surface area contributed by atoms with Crippen molar-refractivity contribution in [1.82, 2.24) is 9.97 Å². The van der Waals surface area contributed by atoms with E-state index >= 15 is 0 Å². The van der Waals surface area contributed by atoms with Crippen LogP contribution in [0.5, 0.6) is 0 Å². The number of primary sulfonamides is 1. The lowest BCUT2D eigenvalue weighted by Crippen LogP contribution is -2.11. The molecule has 3 N–H and O–H groups in total. The first-order chi connectivity index (χ1) is 12.3. The number of nitrogens with two attached hydrogens (primary N) is 1. The van der Waals surface area contributed by atoms with Crippen LogP contribution >= 0.6 is 0 Å². The summed E-state index contributed by atoms with van der Waals surface area (Å²) < 4.78 is 22.5. The van der Waals surface area contributed by atoms with Crippen LogP contribution in [0.25, 0.3) is 11.3 Å². The Hall–Kier alpha value is -3.37. The average Bonchev–Trinajstić information content (AvgIpc) is 2.61. The zero-order valence-electron chi connectivity index (χ0n) is 13.2. The number of sulfonamides is 1. The Morgan fingerprint density at radius 3 is 2.38 bits per heavy atom. The van der Waals surface area contributed by atoms with Gasteiger partial charge in [-0.15, -0.1) is 0 Å². The lowest BCUT2D eigenvalue weighted by atomic mass is 10.1. The molecule has 1 heterocycles. The first-order valence-corrected chi connectivity index (χ1v) is 8.86. The highest BCUT2D eigenvalue weighted by Crippen LogP contribution is 2.28. The third-order valence-electron chi connectivity index (χ3n) is 3.47. The predicted molar refractivity (Wildman–Crippen MR) is 95.2 cm³/mol. The second kappa shape index (κ2) is 6.86. The number of anilines is 2. The van der Waals surface area contributed by atoms with Crippen LogP contribution in [0.1, 0.15) is 0 Å². The van der Waals surface area contributed by atoms with Gasteiger partial charge in [-0.3, -0.25) is 10.1 Å². The maximum atomic E-state index is 11.3. The van der Waals surface area contributed by atoms with Gasteiger partial charge < -0.3 is 5.32 Å². The van der Waals surface area contributed by atoms with Crippen LogP contribution in [-0.4, -0.2) is 23.3 Å². The lowest BCUT2D eigenvalue weighted by molar-refractivity contribution is -0.384.